The second-order valence-electron chi connectivity index (χ2n) is 7.73. The lowest BCUT2D eigenvalue weighted by Crippen LogP contribution is -2.24. The van der Waals surface area contributed by atoms with Gasteiger partial charge in [0.2, 0.25) is 5.91 Å². The van der Waals surface area contributed by atoms with Crippen LogP contribution < -0.4 is 10.9 Å². The van der Waals surface area contributed by atoms with Crippen molar-refractivity contribution in [3.8, 4) is 0 Å². The van der Waals surface area contributed by atoms with Crippen LogP contribution in [-0.4, -0.2) is 26.1 Å². The Morgan fingerprint density at radius 3 is 2.97 bits per heavy atom. The van der Waals surface area contributed by atoms with Crippen molar-refractivity contribution in [2.24, 2.45) is 5.92 Å². The number of rotatable bonds is 6. The first-order valence-electron chi connectivity index (χ1n) is 10.2. The number of hydrogen-bond donors (Lipinski definition) is 1. The Morgan fingerprint density at radius 1 is 1.47 bits per heavy atom. The lowest BCUT2D eigenvalue weighted by Gasteiger charge is -2.17. The number of nitrogens with zero attached hydrogens (tertiary/aromatic N) is 3. The molecule has 0 aliphatic heterocycles. The van der Waals surface area contributed by atoms with Gasteiger partial charge in [0.25, 0.3) is 11.2 Å². The summed E-state index contributed by atoms with van der Waals surface area (Å²) in [6.07, 6.45) is 2.94. The summed E-state index contributed by atoms with van der Waals surface area (Å²) in [5, 5.41) is 15.0. The Kier molecular flexibility index (Phi) is 6.55. The van der Waals surface area contributed by atoms with Gasteiger partial charge in [0, 0.05) is 23.6 Å². The maximum Gasteiger partial charge on any atom is 0.271 e. The van der Waals surface area contributed by atoms with E-state index in [2.05, 4.69) is 12.2 Å². The number of nitro groups is 1. The molecular formula is C21H21ClN4O4S2. The standard InChI is InChI=1S/C21H21ClN4O4S2/c1-3-25-20(28)18-13-6-4-11(2)8-16(13)32-19(18)24-21(25)31-10-17(27)23-15-9-12(26(29)30)5-7-14(15)22/h5,7,9,11H,3-4,6,8,10H2,1-2H3,(H,23,27). The van der Waals surface area contributed by atoms with Crippen LogP contribution in [0.1, 0.15) is 30.7 Å². The highest BCUT2D eigenvalue weighted by Crippen LogP contribution is 2.36. The number of nitro benzene ring substituents is 1. The zero-order valence-electron chi connectivity index (χ0n) is 17.5. The van der Waals surface area contributed by atoms with E-state index in [0.29, 0.717) is 17.6 Å². The minimum atomic E-state index is -0.554. The fourth-order valence-corrected chi connectivity index (χ4v) is 6.28. The maximum absolute atomic E-state index is 13.2. The molecule has 0 spiro atoms. The molecule has 1 aliphatic rings. The van der Waals surface area contributed by atoms with E-state index in [1.165, 1.54) is 23.1 Å². The van der Waals surface area contributed by atoms with E-state index in [4.69, 9.17) is 16.6 Å². The minimum absolute atomic E-state index is 0.0148. The minimum Gasteiger partial charge on any atom is -0.324 e. The molecule has 0 radical (unpaired) electrons. The van der Waals surface area contributed by atoms with Crippen LogP contribution in [0.4, 0.5) is 11.4 Å². The molecule has 1 atom stereocenters. The van der Waals surface area contributed by atoms with Crippen LogP contribution in [0.2, 0.25) is 5.02 Å². The number of thioether (sulfide) groups is 1. The van der Waals surface area contributed by atoms with E-state index in [0.717, 1.165) is 46.8 Å². The van der Waals surface area contributed by atoms with Crippen molar-refractivity contribution in [2.45, 2.75) is 44.8 Å². The highest BCUT2D eigenvalue weighted by molar-refractivity contribution is 7.99. The molecule has 1 unspecified atom stereocenters. The van der Waals surface area contributed by atoms with E-state index in [1.54, 1.807) is 15.9 Å². The summed E-state index contributed by atoms with van der Waals surface area (Å²) in [4.78, 5) is 42.8. The predicted molar refractivity (Wildman–Crippen MR) is 128 cm³/mol. The Bertz CT molecular complexity index is 1290. The number of anilines is 1. The second-order valence-corrected chi connectivity index (χ2v) is 10.2. The number of carbonyl (C=O) groups is 1. The van der Waals surface area contributed by atoms with Crippen molar-refractivity contribution in [1.82, 2.24) is 9.55 Å². The molecule has 1 N–H and O–H groups in total. The van der Waals surface area contributed by atoms with Crippen molar-refractivity contribution >= 4 is 62.2 Å². The van der Waals surface area contributed by atoms with Crippen LogP contribution in [0.25, 0.3) is 10.2 Å². The molecule has 32 heavy (non-hydrogen) atoms. The Morgan fingerprint density at radius 2 is 2.25 bits per heavy atom. The third kappa shape index (κ3) is 4.39. The van der Waals surface area contributed by atoms with Gasteiger partial charge in [-0.2, -0.15) is 0 Å². The van der Waals surface area contributed by atoms with Gasteiger partial charge in [0.15, 0.2) is 5.16 Å². The van der Waals surface area contributed by atoms with Crippen molar-refractivity contribution in [2.75, 3.05) is 11.1 Å². The first-order valence-corrected chi connectivity index (χ1v) is 12.4. The lowest BCUT2D eigenvalue weighted by atomic mass is 9.89. The predicted octanol–water partition coefficient (Wildman–Crippen LogP) is 4.90. The van der Waals surface area contributed by atoms with Gasteiger partial charge in [0.1, 0.15) is 4.83 Å². The third-order valence-electron chi connectivity index (χ3n) is 5.46. The molecule has 168 valence electrons. The zero-order chi connectivity index (χ0) is 23.0. The normalized spacial score (nSPS) is 15.5. The van der Waals surface area contributed by atoms with Gasteiger partial charge >= 0.3 is 0 Å². The summed E-state index contributed by atoms with van der Waals surface area (Å²) in [6, 6.07) is 3.85. The molecule has 1 aromatic carbocycles. The fourth-order valence-electron chi connectivity index (χ4n) is 3.83. The van der Waals surface area contributed by atoms with Crippen molar-refractivity contribution in [3.63, 3.8) is 0 Å². The summed E-state index contributed by atoms with van der Waals surface area (Å²) >= 11 is 8.79. The number of halogens is 1. The van der Waals surface area contributed by atoms with E-state index in [9.17, 15) is 19.7 Å². The van der Waals surface area contributed by atoms with Gasteiger partial charge in [-0.05, 0) is 43.7 Å². The average Bonchev–Trinajstić information content (AvgIpc) is 3.11. The number of nitrogens with one attached hydrogen (secondary N) is 1. The highest BCUT2D eigenvalue weighted by atomic mass is 35.5. The molecule has 0 saturated carbocycles. The molecule has 0 bridgehead atoms. The third-order valence-corrected chi connectivity index (χ3v) is 7.92. The largest absolute Gasteiger partial charge is 0.324 e. The first kappa shape index (κ1) is 22.8. The van der Waals surface area contributed by atoms with Gasteiger partial charge in [-0.3, -0.25) is 24.3 Å². The van der Waals surface area contributed by atoms with E-state index < -0.39 is 10.8 Å². The first-order chi connectivity index (χ1) is 15.3. The second kappa shape index (κ2) is 9.21. The fraction of sp³-hybridized carbons (Fsp3) is 0.381. The monoisotopic (exact) mass is 492 g/mol. The number of aryl methyl sites for hydroxylation is 1. The molecule has 3 aromatic rings. The smallest absolute Gasteiger partial charge is 0.271 e. The van der Waals surface area contributed by atoms with E-state index in [1.807, 2.05) is 6.92 Å². The molecule has 2 heterocycles. The van der Waals surface area contributed by atoms with Crippen molar-refractivity contribution in [1.29, 1.82) is 0 Å². The number of carbonyl (C=O) groups excluding carboxylic acids is 1. The van der Waals surface area contributed by atoms with Gasteiger partial charge in [0.05, 0.1) is 26.8 Å². The molecule has 8 nitrogen and oxygen atoms in total. The molecule has 4 rings (SSSR count). The molecule has 1 amide bonds. The van der Waals surface area contributed by atoms with Gasteiger partial charge in [-0.1, -0.05) is 30.3 Å². The summed E-state index contributed by atoms with van der Waals surface area (Å²) in [5.74, 6) is 0.190. The number of thiophene rings is 1. The Hall–Kier alpha value is -2.43. The molecule has 2 aromatic heterocycles. The molecular weight excluding hydrogens is 472 g/mol. The molecule has 0 saturated heterocycles. The van der Waals surface area contributed by atoms with Crippen LogP contribution in [0.5, 0.6) is 0 Å². The topological polar surface area (TPSA) is 107 Å². The summed E-state index contributed by atoms with van der Waals surface area (Å²) in [5.41, 5.74) is 1.08. The average molecular weight is 493 g/mol. The number of non-ortho nitro benzene ring substituents is 1. The van der Waals surface area contributed by atoms with Crippen LogP contribution in [-0.2, 0) is 24.2 Å². The van der Waals surface area contributed by atoms with Gasteiger partial charge in [-0.25, -0.2) is 4.98 Å². The summed E-state index contributed by atoms with van der Waals surface area (Å²) < 4.78 is 1.60. The number of amides is 1. The van der Waals surface area contributed by atoms with Crippen molar-refractivity contribution in [3.05, 3.63) is 54.1 Å². The highest BCUT2D eigenvalue weighted by Gasteiger charge is 2.24. The van der Waals surface area contributed by atoms with Gasteiger partial charge < -0.3 is 5.32 Å². The van der Waals surface area contributed by atoms with Gasteiger partial charge in [-0.15, -0.1) is 11.3 Å². The number of benzene rings is 1. The number of aromatic nitrogens is 2. The van der Waals surface area contributed by atoms with Crippen LogP contribution in [0.15, 0.2) is 28.2 Å². The lowest BCUT2D eigenvalue weighted by molar-refractivity contribution is -0.384. The zero-order valence-corrected chi connectivity index (χ0v) is 19.9. The summed E-state index contributed by atoms with van der Waals surface area (Å²) in [7, 11) is 0. The number of hydrogen-bond acceptors (Lipinski definition) is 7. The summed E-state index contributed by atoms with van der Waals surface area (Å²) in [6.45, 7) is 4.55. The maximum atomic E-state index is 13.2. The van der Waals surface area contributed by atoms with E-state index >= 15 is 0 Å². The van der Waals surface area contributed by atoms with Crippen LogP contribution >= 0.6 is 34.7 Å². The quantitative estimate of drug-likeness (QED) is 0.227. The number of fused-ring (bicyclic) bond motifs is 3. The molecule has 1 aliphatic carbocycles. The van der Waals surface area contributed by atoms with Crippen molar-refractivity contribution < 1.29 is 9.72 Å². The molecule has 0 fully saturated rings. The molecule has 11 heteroatoms. The SMILES string of the molecule is CCn1c(SCC(=O)Nc2cc([N+](=O)[O-])ccc2Cl)nc2sc3c(c2c1=O)CCC(C)C3. The van der Waals surface area contributed by atoms with E-state index in [-0.39, 0.29) is 27.7 Å². The van der Waals surface area contributed by atoms with Crippen LogP contribution in [0, 0.1) is 16.0 Å². The van der Waals surface area contributed by atoms with Crippen LogP contribution in [0.3, 0.4) is 0 Å². The Balaban J connectivity index is 1.57. The Labute approximate surface area is 197 Å².